The summed E-state index contributed by atoms with van der Waals surface area (Å²) >= 11 is 0. The van der Waals surface area contributed by atoms with Crippen LogP contribution in [0.25, 0.3) is 0 Å². The molecule has 21 heavy (non-hydrogen) atoms. The van der Waals surface area contributed by atoms with Crippen LogP contribution in [0.5, 0.6) is 0 Å². The van der Waals surface area contributed by atoms with E-state index >= 15 is 0 Å². The molecule has 3 unspecified atom stereocenters. The molecular weight excluding hydrogens is 287 g/mol. The normalized spacial score (nSPS) is 38.2. The summed E-state index contributed by atoms with van der Waals surface area (Å²) in [6.45, 7) is -0.868. The van der Waals surface area contributed by atoms with Crippen LogP contribution < -0.4 is 0 Å². The van der Waals surface area contributed by atoms with E-state index in [4.69, 9.17) is 5.11 Å². The van der Waals surface area contributed by atoms with Gasteiger partial charge in [0.05, 0.1) is 11.8 Å². The molecule has 1 amide bonds. The van der Waals surface area contributed by atoms with Crippen molar-refractivity contribution in [1.29, 1.82) is 0 Å². The Labute approximate surface area is 119 Å². The molecule has 0 radical (unpaired) electrons. The van der Waals surface area contributed by atoms with Crippen LogP contribution in [0.4, 0.5) is 13.2 Å². The lowest BCUT2D eigenvalue weighted by atomic mass is 9.92. The fourth-order valence-electron chi connectivity index (χ4n) is 3.86. The highest BCUT2D eigenvalue weighted by Crippen LogP contribution is 2.45. The quantitative estimate of drug-likeness (QED) is 0.793. The molecule has 1 saturated heterocycles. The summed E-state index contributed by atoms with van der Waals surface area (Å²) in [5, 5.41) is 8.97. The summed E-state index contributed by atoms with van der Waals surface area (Å²) in [5.74, 6) is -5.14. The van der Waals surface area contributed by atoms with Gasteiger partial charge in [-0.1, -0.05) is 12.2 Å². The predicted molar refractivity (Wildman–Crippen MR) is 66.1 cm³/mol. The monoisotopic (exact) mass is 303 g/mol. The maximum absolute atomic E-state index is 12.9. The Kier molecular flexibility index (Phi) is 3.26. The average Bonchev–Trinajstić information content (AvgIpc) is 3.10. The number of hydrogen-bond acceptors (Lipinski definition) is 2. The summed E-state index contributed by atoms with van der Waals surface area (Å²) in [7, 11) is 0. The standard InChI is InChI=1S/C14H16F3NO3/c15-14(16,17)11-6-18(5-10(11)13(20)21)12(19)9-4-7-1-2-8(9)3-7/h1-2,7-11H,3-6H2,(H,20,21)/t7?,8?,9?,10-,11-/m1/s1. The maximum atomic E-state index is 12.9. The minimum atomic E-state index is -4.59. The molecule has 0 aromatic rings. The van der Waals surface area contributed by atoms with Crippen LogP contribution in [0.1, 0.15) is 12.8 Å². The van der Waals surface area contributed by atoms with Crippen LogP contribution >= 0.6 is 0 Å². The van der Waals surface area contributed by atoms with Crippen molar-refractivity contribution in [1.82, 2.24) is 4.90 Å². The second-order valence-corrected chi connectivity index (χ2v) is 6.22. The molecule has 3 aliphatic rings. The van der Waals surface area contributed by atoms with Crippen LogP contribution in [-0.4, -0.2) is 41.1 Å². The number of nitrogens with zero attached hydrogens (tertiary/aromatic N) is 1. The molecule has 2 fully saturated rings. The largest absolute Gasteiger partial charge is 0.481 e. The van der Waals surface area contributed by atoms with E-state index in [1.165, 1.54) is 0 Å². The van der Waals surface area contributed by atoms with Gasteiger partial charge in [-0.3, -0.25) is 9.59 Å². The van der Waals surface area contributed by atoms with E-state index in [0.717, 1.165) is 11.3 Å². The number of aliphatic carboxylic acids is 1. The number of halogens is 3. The Hall–Kier alpha value is -1.53. The lowest BCUT2D eigenvalue weighted by Gasteiger charge is -2.24. The van der Waals surface area contributed by atoms with Gasteiger partial charge in [0.2, 0.25) is 5.91 Å². The Morgan fingerprint density at radius 2 is 1.81 bits per heavy atom. The Bertz CT molecular complexity index is 502. The third-order valence-corrected chi connectivity index (χ3v) is 4.97. The van der Waals surface area contributed by atoms with E-state index in [0.29, 0.717) is 12.3 Å². The third kappa shape index (κ3) is 2.42. The van der Waals surface area contributed by atoms with E-state index in [1.54, 1.807) is 0 Å². The lowest BCUT2D eigenvalue weighted by Crippen LogP contribution is -2.37. The molecule has 2 aliphatic carbocycles. The number of hydrogen-bond donors (Lipinski definition) is 1. The Morgan fingerprint density at radius 3 is 2.24 bits per heavy atom. The fourth-order valence-corrected chi connectivity index (χ4v) is 3.86. The molecule has 0 aromatic carbocycles. The summed E-state index contributed by atoms with van der Waals surface area (Å²) in [6.07, 6.45) is 0.979. The SMILES string of the molecule is O=C(O)[C@@H]1CN(C(=O)C2CC3C=CC2C3)C[C@H]1C(F)(F)F. The molecule has 7 heteroatoms. The van der Waals surface area contributed by atoms with Crippen LogP contribution in [0.3, 0.4) is 0 Å². The maximum Gasteiger partial charge on any atom is 0.394 e. The Morgan fingerprint density at radius 1 is 1.10 bits per heavy atom. The van der Waals surface area contributed by atoms with Gasteiger partial charge < -0.3 is 10.0 Å². The van der Waals surface area contributed by atoms with Crippen molar-refractivity contribution in [3.8, 4) is 0 Å². The molecule has 1 aliphatic heterocycles. The molecule has 0 aromatic heterocycles. The summed E-state index contributed by atoms with van der Waals surface area (Å²) in [6, 6.07) is 0. The van der Waals surface area contributed by atoms with Crippen molar-refractivity contribution >= 4 is 11.9 Å². The van der Waals surface area contributed by atoms with Crippen molar-refractivity contribution in [2.75, 3.05) is 13.1 Å². The molecule has 4 nitrogen and oxygen atoms in total. The van der Waals surface area contributed by atoms with Gasteiger partial charge in [0.1, 0.15) is 0 Å². The lowest BCUT2D eigenvalue weighted by molar-refractivity contribution is -0.188. The van der Waals surface area contributed by atoms with E-state index in [2.05, 4.69) is 6.08 Å². The van der Waals surface area contributed by atoms with Crippen LogP contribution in [0.2, 0.25) is 0 Å². The highest BCUT2D eigenvalue weighted by atomic mass is 19.4. The third-order valence-electron chi connectivity index (χ3n) is 4.97. The number of carbonyl (C=O) groups excluding carboxylic acids is 1. The molecule has 1 N–H and O–H groups in total. The topological polar surface area (TPSA) is 57.6 Å². The van der Waals surface area contributed by atoms with Crippen molar-refractivity contribution in [3.63, 3.8) is 0 Å². The van der Waals surface area contributed by atoms with E-state index in [1.807, 2.05) is 6.08 Å². The molecule has 116 valence electrons. The van der Waals surface area contributed by atoms with Gasteiger partial charge in [-0.2, -0.15) is 13.2 Å². The van der Waals surface area contributed by atoms with Crippen molar-refractivity contribution in [3.05, 3.63) is 12.2 Å². The molecular formula is C14H16F3NO3. The zero-order chi connectivity index (χ0) is 15.4. The van der Waals surface area contributed by atoms with Crippen LogP contribution in [-0.2, 0) is 9.59 Å². The first kappa shape index (κ1) is 14.4. The van der Waals surface area contributed by atoms with Gasteiger partial charge in [-0.05, 0) is 24.7 Å². The van der Waals surface area contributed by atoms with Crippen molar-refractivity contribution < 1.29 is 27.9 Å². The number of amides is 1. The highest BCUT2D eigenvalue weighted by Gasteiger charge is 2.54. The minimum Gasteiger partial charge on any atom is -0.481 e. The van der Waals surface area contributed by atoms with E-state index in [-0.39, 0.29) is 24.3 Å². The number of fused-ring (bicyclic) bond motifs is 2. The smallest absolute Gasteiger partial charge is 0.394 e. The molecule has 1 saturated carbocycles. The van der Waals surface area contributed by atoms with Gasteiger partial charge in [0, 0.05) is 19.0 Å². The number of likely N-dealkylation sites (tertiary alicyclic amines) is 1. The van der Waals surface area contributed by atoms with Gasteiger partial charge in [0.15, 0.2) is 0 Å². The molecule has 1 heterocycles. The summed E-state index contributed by atoms with van der Waals surface area (Å²) in [4.78, 5) is 24.5. The minimum absolute atomic E-state index is 0.107. The molecule has 0 spiro atoms. The van der Waals surface area contributed by atoms with Crippen molar-refractivity contribution in [2.45, 2.75) is 19.0 Å². The number of alkyl halides is 3. The second-order valence-electron chi connectivity index (χ2n) is 6.22. The highest BCUT2D eigenvalue weighted by molar-refractivity contribution is 5.82. The molecule has 5 atom stereocenters. The van der Waals surface area contributed by atoms with E-state index in [9.17, 15) is 22.8 Å². The van der Waals surface area contributed by atoms with Gasteiger partial charge >= 0.3 is 12.1 Å². The first-order valence-electron chi connectivity index (χ1n) is 7.04. The zero-order valence-electron chi connectivity index (χ0n) is 11.2. The molecule has 3 rings (SSSR count). The second kappa shape index (κ2) is 4.74. The Balaban J connectivity index is 1.74. The first-order valence-corrected chi connectivity index (χ1v) is 7.04. The van der Waals surface area contributed by atoms with Gasteiger partial charge in [0.25, 0.3) is 0 Å². The van der Waals surface area contributed by atoms with Crippen molar-refractivity contribution in [2.24, 2.45) is 29.6 Å². The van der Waals surface area contributed by atoms with Gasteiger partial charge in [-0.15, -0.1) is 0 Å². The van der Waals surface area contributed by atoms with E-state index < -0.39 is 30.5 Å². The first-order chi connectivity index (χ1) is 9.77. The van der Waals surface area contributed by atoms with Crippen LogP contribution in [0.15, 0.2) is 12.2 Å². The summed E-state index contributed by atoms with van der Waals surface area (Å²) in [5.41, 5.74) is 0. The van der Waals surface area contributed by atoms with Crippen LogP contribution in [0, 0.1) is 29.6 Å². The number of rotatable bonds is 2. The average molecular weight is 303 g/mol. The number of carbonyl (C=O) groups is 2. The predicted octanol–water partition coefficient (Wildman–Crippen LogP) is 1.92. The number of carboxylic acids is 1. The fraction of sp³-hybridized carbons (Fsp3) is 0.714. The number of allylic oxidation sites excluding steroid dienone is 2. The number of carboxylic acid groups (broad SMARTS) is 1. The van der Waals surface area contributed by atoms with Gasteiger partial charge in [-0.25, -0.2) is 0 Å². The summed E-state index contributed by atoms with van der Waals surface area (Å²) < 4.78 is 38.8. The zero-order valence-corrected chi connectivity index (χ0v) is 11.2. The molecule has 2 bridgehead atoms.